The van der Waals surface area contributed by atoms with Crippen molar-refractivity contribution in [3.05, 3.63) is 64.7 Å². The summed E-state index contributed by atoms with van der Waals surface area (Å²) in [5.41, 5.74) is 2.93. The number of ketones is 1. The van der Waals surface area contributed by atoms with Crippen molar-refractivity contribution in [3.63, 3.8) is 0 Å². The lowest BCUT2D eigenvalue weighted by atomic mass is 9.99. The van der Waals surface area contributed by atoms with Crippen LogP contribution in [-0.4, -0.2) is 26.8 Å². The van der Waals surface area contributed by atoms with Crippen molar-refractivity contribution in [2.75, 3.05) is 6.16 Å². The molecule has 6 heteroatoms. The first kappa shape index (κ1) is 17.4. The Kier molecular flexibility index (Phi) is 5.37. The predicted octanol–water partition coefficient (Wildman–Crippen LogP) is 2.91. The number of Topliss-reactive ketones (excluding diaryl/α,β-unsaturated/α-hetero) is 1. The summed E-state index contributed by atoms with van der Waals surface area (Å²) in [5.74, 6) is -0.585. The normalized spacial score (nSPS) is 11.4. The molecule has 122 valence electrons. The number of benzene rings is 2. The molecule has 0 aliphatic rings. The van der Waals surface area contributed by atoms with Gasteiger partial charge in [-0.2, -0.15) is 0 Å². The number of aromatic hydroxyl groups is 1. The number of hydrogen-bond acceptors (Lipinski definition) is 3. The summed E-state index contributed by atoms with van der Waals surface area (Å²) >= 11 is 0. The van der Waals surface area contributed by atoms with Gasteiger partial charge in [-0.25, -0.2) is 0 Å². The number of hydrogen-bond donors (Lipinski definition) is 3. The Balaban J connectivity index is 2.23. The molecule has 3 N–H and O–H groups in total. The third-order valence-corrected chi connectivity index (χ3v) is 4.28. The minimum absolute atomic E-state index is 0.0531. The van der Waals surface area contributed by atoms with Crippen molar-refractivity contribution >= 4 is 13.4 Å². The summed E-state index contributed by atoms with van der Waals surface area (Å²) in [5, 5.41) is 9.95. The molecule has 0 bridgehead atoms. The van der Waals surface area contributed by atoms with Gasteiger partial charge in [0.1, 0.15) is 11.9 Å². The van der Waals surface area contributed by atoms with Crippen molar-refractivity contribution < 1.29 is 24.3 Å². The maximum absolute atomic E-state index is 11.9. The molecule has 0 aliphatic heterocycles. The van der Waals surface area contributed by atoms with Crippen LogP contribution < -0.4 is 0 Å². The largest absolute Gasteiger partial charge is 0.508 e. The van der Waals surface area contributed by atoms with Crippen LogP contribution >= 0.6 is 7.60 Å². The van der Waals surface area contributed by atoms with Crippen molar-refractivity contribution in [1.29, 1.82) is 0 Å². The molecule has 0 saturated heterocycles. The van der Waals surface area contributed by atoms with E-state index in [4.69, 9.17) is 9.79 Å². The van der Waals surface area contributed by atoms with Crippen LogP contribution in [0.4, 0.5) is 0 Å². The van der Waals surface area contributed by atoms with E-state index >= 15 is 0 Å². The van der Waals surface area contributed by atoms with Gasteiger partial charge in [0, 0.05) is 12.0 Å². The first-order valence-corrected chi connectivity index (χ1v) is 9.05. The van der Waals surface area contributed by atoms with Gasteiger partial charge in [-0.05, 0) is 41.3 Å². The number of phenolic OH excluding ortho intramolecular Hbond substituents is 1. The Morgan fingerprint density at radius 3 is 2.22 bits per heavy atom. The van der Waals surface area contributed by atoms with Crippen LogP contribution in [0.25, 0.3) is 0 Å². The minimum Gasteiger partial charge on any atom is -0.508 e. The topological polar surface area (TPSA) is 94.8 Å². The second kappa shape index (κ2) is 7.09. The monoisotopic (exact) mass is 334 g/mol. The Labute approximate surface area is 134 Å². The van der Waals surface area contributed by atoms with Crippen LogP contribution in [0.15, 0.2) is 42.5 Å². The molecule has 0 aromatic heterocycles. The highest BCUT2D eigenvalue weighted by atomic mass is 31.2. The van der Waals surface area contributed by atoms with Gasteiger partial charge in [-0.15, -0.1) is 0 Å². The maximum atomic E-state index is 11.9. The average molecular weight is 334 g/mol. The van der Waals surface area contributed by atoms with Crippen LogP contribution in [-0.2, 0) is 17.4 Å². The zero-order valence-electron chi connectivity index (χ0n) is 12.8. The van der Waals surface area contributed by atoms with Gasteiger partial charge < -0.3 is 14.9 Å². The van der Waals surface area contributed by atoms with Crippen LogP contribution in [0.3, 0.4) is 0 Å². The van der Waals surface area contributed by atoms with Gasteiger partial charge in [0.05, 0.1) is 0 Å². The predicted molar refractivity (Wildman–Crippen MR) is 88.0 cm³/mol. The van der Waals surface area contributed by atoms with E-state index in [-0.39, 0.29) is 11.3 Å². The lowest BCUT2D eigenvalue weighted by Gasteiger charge is -2.09. The fourth-order valence-corrected chi connectivity index (χ4v) is 2.85. The van der Waals surface area contributed by atoms with Gasteiger partial charge in [0.2, 0.25) is 0 Å². The number of carbonyl (C=O) groups excluding carboxylic acids is 1. The summed E-state index contributed by atoms with van der Waals surface area (Å²) in [6, 6.07) is 12.2. The van der Waals surface area contributed by atoms with Gasteiger partial charge in [-0.1, -0.05) is 31.2 Å². The number of rotatable bonds is 6. The molecule has 0 fully saturated rings. The summed E-state index contributed by atoms with van der Waals surface area (Å²) in [6.45, 7) is 2.07. The Morgan fingerprint density at radius 2 is 1.65 bits per heavy atom. The van der Waals surface area contributed by atoms with Crippen molar-refractivity contribution in [2.24, 2.45) is 0 Å². The summed E-state index contributed by atoms with van der Waals surface area (Å²) in [7, 11) is -4.40. The minimum atomic E-state index is -4.40. The Morgan fingerprint density at radius 1 is 1.04 bits per heavy atom. The van der Waals surface area contributed by atoms with Gasteiger partial charge in [0.25, 0.3) is 0 Å². The van der Waals surface area contributed by atoms with Crippen molar-refractivity contribution in [3.8, 4) is 5.75 Å². The van der Waals surface area contributed by atoms with E-state index in [0.717, 1.165) is 12.0 Å². The maximum Gasteiger partial charge on any atom is 0.333 e. The van der Waals surface area contributed by atoms with Crippen LogP contribution in [0.1, 0.15) is 34.0 Å². The Bertz CT molecular complexity index is 746. The molecule has 0 spiro atoms. The molecule has 2 rings (SSSR count). The van der Waals surface area contributed by atoms with E-state index in [0.29, 0.717) is 12.0 Å². The molecule has 0 aliphatic carbocycles. The van der Waals surface area contributed by atoms with Gasteiger partial charge in [-0.3, -0.25) is 9.36 Å². The zero-order valence-corrected chi connectivity index (χ0v) is 13.7. The SMILES string of the molecule is CCc1ccc(Cc2cc(C(=O)CP(=O)(O)O)ccc2O)cc1. The van der Waals surface area contributed by atoms with Gasteiger partial charge >= 0.3 is 7.60 Å². The van der Waals surface area contributed by atoms with Gasteiger partial charge in [0.15, 0.2) is 5.78 Å². The molecule has 0 radical (unpaired) electrons. The van der Waals surface area contributed by atoms with Crippen LogP contribution in [0.5, 0.6) is 5.75 Å². The average Bonchev–Trinajstić information content (AvgIpc) is 2.48. The van der Waals surface area contributed by atoms with E-state index in [1.165, 1.54) is 23.8 Å². The highest BCUT2D eigenvalue weighted by molar-refractivity contribution is 7.52. The lowest BCUT2D eigenvalue weighted by molar-refractivity contribution is 0.101. The number of phenols is 1. The molecule has 0 saturated carbocycles. The molecule has 0 heterocycles. The molecule has 0 amide bonds. The molecule has 5 nitrogen and oxygen atoms in total. The van der Waals surface area contributed by atoms with Crippen molar-refractivity contribution in [1.82, 2.24) is 0 Å². The third kappa shape index (κ3) is 5.03. The van der Waals surface area contributed by atoms with E-state index in [9.17, 15) is 14.5 Å². The third-order valence-electron chi connectivity index (χ3n) is 3.58. The summed E-state index contributed by atoms with van der Waals surface area (Å²) in [4.78, 5) is 29.7. The first-order valence-electron chi connectivity index (χ1n) is 7.26. The quantitative estimate of drug-likeness (QED) is 0.558. The smallest absolute Gasteiger partial charge is 0.333 e. The molecule has 2 aromatic rings. The fourth-order valence-electron chi connectivity index (χ4n) is 2.29. The molecular weight excluding hydrogens is 315 g/mol. The van der Waals surface area contributed by atoms with Crippen LogP contribution in [0, 0.1) is 0 Å². The standard InChI is InChI=1S/C17H19O5P/c1-2-12-3-5-13(6-4-12)9-15-10-14(7-8-16(15)18)17(19)11-23(20,21)22/h3-8,10,18H,2,9,11H2,1H3,(H2,20,21,22). The summed E-state index contributed by atoms with van der Waals surface area (Å²) in [6.07, 6.45) is 0.549. The lowest BCUT2D eigenvalue weighted by Crippen LogP contribution is -2.06. The number of aryl methyl sites for hydroxylation is 1. The molecular formula is C17H19O5P. The zero-order chi connectivity index (χ0) is 17.0. The highest BCUT2D eigenvalue weighted by Gasteiger charge is 2.21. The molecule has 2 aromatic carbocycles. The summed E-state index contributed by atoms with van der Waals surface area (Å²) < 4.78 is 10.9. The second-order valence-electron chi connectivity index (χ2n) is 5.44. The van der Waals surface area contributed by atoms with E-state index in [1.54, 1.807) is 0 Å². The Hall–Kier alpha value is -1.94. The van der Waals surface area contributed by atoms with E-state index in [1.807, 2.05) is 24.3 Å². The van der Waals surface area contributed by atoms with Crippen LogP contribution in [0.2, 0.25) is 0 Å². The highest BCUT2D eigenvalue weighted by Crippen LogP contribution is 2.35. The molecule has 23 heavy (non-hydrogen) atoms. The van der Waals surface area contributed by atoms with E-state index < -0.39 is 19.5 Å². The van der Waals surface area contributed by atoms with Crippen molar-refractivity contribution in [2.45, 2.75) is 19.8 Å². The van der Waals surface area contributed by atoms with E-state index in [2.05, 4.69) is 6.92 Å². The second-order valence-corrected chi connectivity index (χ2v) is 7.08. The fraction of sp³-hybridized carbons (Fsp3) is 0.235. The number of carbonyl (C=O) groups is 1. The molecule has 0 unspecified atom stereocenters. The molecule has 0 atom stereocenters. The first-order chi connectivity index (χ1) is 10.8.